The molecule has 1 N–H and O–H groups in total. The van der Waals surface area contributed by atoms with Crippen molar-refractivity contribution in [1.82, 2.24) is 4.98 Å². The number of anilines is 1. The summed E-state index contributed by atoms with van der Waals surface area (Å²) in [4.78, 5) is 15.0. The molecule has 0 aliphatic carbocycles. The lowest BCUT2D eigenvalue weighted by atomic mass is 9.94. The van der Waals surface area contributed by atoms with E-state index in [1.807, 2.05) is 0 Å². The molecule has 0 bridgehead atoms. The summed E-state index contributed by atoms with van der Waals surface area (Å²) < 4.78 is 158. The Kier molecular flexibility index (Phi) is 5.98. The van der Waals surface area contributed by atoms with Crippen LogP contribution < -0.4 is 5.32 Å². The summed E-state index contributed by atoms with van der Waals surface area (Å²) >= 11 is 0.412. The number of fused-ring (bicyclic) bond motifs is 1. The molecule has 16 heteroatoms. The first-order chi connectivity index (χ1) is 13.8. The highest BCUT2D eigenvalue weighted by Gasteiger charge is 2.89. The van der Waals surface area contributed by atoms with Crippen molar-refractivity contribution in [3.8, 4) is 0 Å². The van der Waals surface area contributed by atoms with Crippen LogP contribution in [0.2, 0.25) is 0 Å². The topological polar surface area (TPSA) is 42.0 Å². The van der Waals surface area contributed by atoms with Crippen LogP contribution in [0.25, 0.3) is 10.2 Å². The van der Waals surface area contributed by atoms with Crippen LogP contribution in [0.4, 0.5) is 57.8 Å². The minimum atomic E-state index is -7.77. The molecule has 0 fully saturated rings. The average Bonchev–Trinajstić information content (AvgIpc) is 3.01. The molecule has 1 heterocycles. The van der Waals surface area contributed by atoms with Crippen LogP contribution >= 0.6 is 11.3 Å². The molecule has 3 nitrogen and oxygen atoms in total. The van der Waals surface area contributed by atoms with Crippen molar-refractivity contribution < 1.29 is 57.5 Å². The Balaban J connectivity index is 2.41. The predicted molar refractivity (Wildman–Crippen MR) is 83.7 cm³/mol. The molecule has 1 aromatic heterocycles. The average molecular weight is 492 g/mol. The molecule has 0 aliphatic heterocycles. The first-order valence-electron chi connectivity index (χ1n) is 7.66. The number of nitrogens with zero attached hydrogens (tertiary/aromatic N) is 1. The van der Waals surface area contributed by atoms with E-state index in [0.29, 0.717) is 16.9 Å². The van der Waals surface area contributed by atoms with Crippen molar-refractivity contribution >= 4 is 32.6 Å². The van der Waals surface area contributed by atoms with Crippen LogP contribution in [0.1, 0.15) is 5.56 Å². The highest BCUT2D eigenvalue weighted by atomic mass is 32.1. The summed E-state index contributed by atoms with van der Waals surface area (Å²) in [6, 6.07) is 4.20. The largest absolute Gasteiger partial charge is 0.393 e. The van der Waals surface area contributed by atoms with Crippen molar-refractivity contribution in [3.05, 3.63) is 23.8 Å². The van der Waals surface area contributed by atoms with Crippen LogP contribution in [-0.2, 0) is 4.79 Å². The van der Waals surface area contributed by atoms with E-state index in [-0.39, 0.29) is 10.2 Å². The minimum Gasteiger partial charge on any atom is -0.296 e. The van der Waals surface area contributed by atoms with Gasteiger partial charge in [0.1, 0.15) is 0 Å². The number of rotatable bonds is 7. The molecule has 0 saturated heterocycles. The molecule has 31 heavy (non-hydrogen) atoms. The normalized spacial score (nSPS) is 14.4. The van der Waals surface area contributed by atoms with Gasteiger partial charge in [0.15, 0.2) is 5.13 Å². The number of hydrogen-bond donors (Lipinski definition) is 1. The van der Waals surface area contributed by atoms with Gasteiger partial charge in [-0.15, -0.1) is 0 Å². The summed E-state index contributed by atoms with van der Waals surface area (Å²) in [7, 11) is 0. The Bertz CT molecular complexity index is 988. The fourth-order valence-corrected chi connectivity index (χ4v) is 3.10. The third kappa shape index (κ3) is 3.67. The van der Waals surface area contributed by atoms with Crippen LogP contribution in [0, 0.1) is 6.92 Å². The molecule has 0 spiro atoms. The SMILES string of the molecule is Cc1ccc2nc(NC(=O)C(F)(F)C(F)(F)C(F)(F)C(F)(F)C(F)(F)C(F)F)sc2c1. The van der Waals surface area contributed by atoms with Gasteiger partial charge in [0, 0.05) is 0 Å². The van der Waals surface area contributed by atoms with Crippen molar-refractivity contribution in [2.75, 3.05) is 5.32 Å². The zero-order chi connectivity index (χ0) is 24.2. The fourth-order valence-electron chi connectivity index (χ4n) is 2.14. The number of benzene rings is 1. The van der Waals surface area contributed by atoms with E-state index in [1.165, 1.54) is 18.2 Å². The van der Waals surface area contributed by atoms with E-state index in [4.69, 9.17) is 0 Å². The van der Waals surface area contributed by atoms with Crippen molar-refractivity contribution in [3.63, 3.8) is 0 Å². The van der Waals surface area contributed by atoms with Crippen molar-refractivity contribution in [1.29, 1.82) is 0 Å². The Hall–Kier alpha value is -2.26. The smallest absolute Gasteiger partial charge is 0.296 e. The van der Waals surface area contributed by atoms with Gasteiger partial charge in [0.05, 0.1) is 10.2 Å². The molecule has 174 valence electrons. The van der Waals surface area contributed by atoms with Gasteiger partial charge in [-0.25, -0.2) is 13.8 Å². The van der Waals surface area contributed by atoms with Crippen LogP contribution in [0.15, 0.2) is 18.2 Å². The molecule has 0 atom stereocenters. The van der Waals surface area contributed by atoms with Gasteiger partial charge in [-0.1, -0.05) is 17.4 Å². The molecule has 0 unspecified atom stereocenters. The molecule has 1 amide bonds. The summed E-state index contributed by atoms with van der Waals surface area (Å²) in [5.74, 6) is -40.1. The lowest BCUT2D eigenvalue weighted by molar-refractivity contribution is -0.406. The maximum Gasteiger partial charge on any atom is 0.393 e. The number of aryl methyl sites for hydroxylation is 1. The Morgan fingerprint density at radius 3 is 2.00 bits per heavy atom. The number of halogens is 12. The van der Waals surface area contributed by atoms with Gasteiger partial charge >= 0.3 is 41.9 Å². The second-order valence-electron chi connectivity index (χ2n) is 6.17. The van der Waals surface area contributed by atoms with Crippen molar-refractivity contribution in [2.45, 2.75) is 43.0 Å². The van der Waals surface area contributed by atoms with E-state index in [0.717, 1.165) is 5.32 Å². The van der Waals surface area contributed by atoms with Crippen LogP contribution in [0.5, 0.6) is 0 Å². The number of hydrogen-bond acceptors (Lipinski definition) is 3. The quantitative estimate of drug-likeness (QED) is 0.483. The van der Waals surface area contributed by atoms with Gasteiger partial charge < -0.3 is 0 Å². The molecule has 2 aromatic rings. The molecule has 0 aliphatic rings. The summed E-state index contributed by atoms with van der Waals surface area (Å²) in [5, 5.41) is 0.168. The van der Waals surface area contributed by atoms with E-state index in [9.17, 15) is 57.5 Å². The van der Waals surface area contributed by atoms with Crippen molar-refractivity contribution in [2.24, 2.45) is 0 Å². The number of carbonyl (C=O) groups excluding carboxylic acids is 1. The van der Waals surface area contributed by atoms with E-state index < -0.39 is 47.1 Å². The van der Waals surface area contributed by atoms with E-state index in [1.54, 1.807) is 6.92 Å². The highest BCUT2D eigenvalue weighted by molar-refractivity contribution is 7.22. The monoisotopic (exact) mass is 492 g/mol. The molecular formula is C15H8F12N2OS. The number of alkyl halides is 12. The maximum absolute atomic E-state index is 13.8. The number of aromatic nitrogens is 1. The second-order valence-corrected chi connectivity index (χ2v) is 7.20. The molecule has 2 rings (SSSR count). The lowest BCUT2D eigenvalue weighted by Gasteiger charge is -2.38. The standard InChI is InChI=1S/C15H8F12N2OS/c1-5-2-3-6-7(4-5)31-10(28-6)29-9(30)12(20,21)14(24,25)15(26,27)13(22,23)11(18,19)8(16)17/h2-4,8H,1H3,(H,28,29,30). The number of amides is 1. The summed E-state index contributed by atoms with van der Waals surface area (Å²) in [6.07, 6.45) is -5.61. The summed E-state index contributed by atoms with van der Waals surface area (Å²) in [5.41, 5.74) is 0.669. The zero-order valence-electron chi connectivity index (χ0n) is 14.6. The highest BCUT2D eigenvalue weighted by Crippen LogP contribution is 2.58. The molecule has 0 saturated carbocycles. The third-order valence-corrected chi connectivity index (χ3v) is 4.86. The van der Waals surface area contributed by atoms with E-state index in [2.05, 4.69) is 4.98 Å². The number of nitrogens with one attached hydrogen (secondary N) is 1. The fraction of sp³-hybridized carbons (Fsp3) is 0.467. The molecular weight excluding hydrogens is 484 g/mol. The van der Waals surface area contributed by atoms with Gasteiger partial charge in [-0.3, -0.25) is 10.1 Å². The van der Waals surface area contributed by atoms with Gasteiger partial charge in [0.2, 0.25) is 0 Å². The minimum absolute atomic E-state index is 0.0504. The Labute approximate surface area is 168 Å². The Morgan fingerprint density at radius 2 is 1.48 bits per heavy atom. The second kappa shape index (κ2) is 7.41. The first-order valence-corrected chi connectivity index (χ1v) is 8.48. The Morgan fingerprint density at radius 1 is 0.935 bits per heavy atom. The third-order valence-electron chi connectivity index (χ3n) is 3.93. The predicted octanol–water partition coefficient (Wildman–Crippen LogP) is 5.98. The van der Waals surface area contributed by atoms with Crippen LogP contribution in [-0.4, -0.2) is 46.9 Å². The summed E-state index contributed by atoms with van der Waals surface area (Å²) in [6.45, 7) is 1.59. The lowest BCUT2D eigenvalue weighted by Crippen LogP contribution is -2.70. The van der Waals surface area contributed by atoms with Gasteiger partial charge in [-0.05, 0) is 24.6 Å². The van der Waals surface area contributed by atoms with Gasteiger partial charge in [0.25, 0.3) is 0 Å². The molecule has 1 aromatic carbocycles. The van der Waals surface area contributed by atoms with Gasteiger partial charge in [-0.2, -0.15) is 43.9 Å². The zero-order valence-corrected chi connectivity index (χ0v) is 15.4. The number of thiazole rings is 1. The first kappa shape index (κ1) is 25.0. The molecule has 0 radical (unpaired) electrons. The van der Waals surface area contributed by atoms with Crippen LogP contribution in [0.3, 0.4) is 0 Å². The van der Waals surface area contributed by atoms with E-state index >= 15 is 0 Å². The maximum atomic E-state index is 13.8. The number of carbonyl (C=O) groups is 1.